The number of aryl methyl sites for hydroxylation is 1. The summed E-state index contributed by atoms with van der Waals surface area (Å²) >= 11 is 0. The highest BCUT2D eigenvalue weighted by Gasteiger charge is 2.38. The van der Waals surface area contributed by atoms with E-state index in [9.17, 15) is 14.7 Å². The summed E-state index contributed by atoms with van der Waals surface area (Å²) in [5.41, 5.74) is 2.63. The average Bonchev–Trinajstić information content (AvgIpc) is 2.92. The van der Waals surface area contributed by atoms with Crippen LogP contribution in [0.2, 0.25) is 0 Å². The number of hydrogen-bond donors (Lipinski definition) is 3. The largest absolute Gasteiger partial charge is 0.465 e. The molecule has 1 aliphatic rings. The van der Waals surface area contributed by atoms with E-state index in [2.05, 4.69) is 33.8 Å². The second kappa shape index (κ2) is 11.9. The van der Waals surface area contributed by atoms with E-state index in [0.29, 0.717) is 25.1 Å². The van der Waals surface area contributed by atoms with Crippen LogP contribution in [0.4, 0.5) is 4.79 Å². The highest BCUT2D eigenvalue weighted by Crippen LogP contribution is 2.43. The molecule has 0 spiro atoms. The van der Waals surface area contributed by atoms with Crippen molar-refractivity contribution in [1.29, 1.82) is 0 Å². The molecule has 0 saturated heterocycles. The Balaban J connectivity index is 1.52. The molecule has 36 heavy (non-hydrogen) atoms. The Morgan fingerprint density at radius 1 is 0.917 bits per heavy atom. The van der Waals surface area contributed by atoms with Gasteiger partial charge in [0.05, 0.1) is 0 Å². The van der Waals surface area contributed by atoms with Gasteiger partial charge in [0.15, 0.2) is 0 Å². The van der Waals surface area contributed by atoms with Crippen molar-refractivity contribution in [2.24, 2.45) is 5.41 Å². The SMILES string of the molecule is O=C(O)NC[C@@]1(CCc2ccccc2)C=CC=CC1c1cccc(C(=O)NCCc2ccccn2)n1. The van der Waals surface area contributed by atoms with Gasteiger partial charge in [-0.2, -0.15) is 0 Å². The highest BCUT2D eigenvalue weighted by atomic mass is 16.4. The van der Waals surface area contributed by atoms with Crippen LogP contribution < -0.4 is 10.6 Å². The maximum absolute atomic E-state index is 12.8. The molecule has 2 aromatic heterocycles. The molecule has 1 aliphatic carbocycles. The second-order valence-corrected chi connectivity index (χ2v) is 8.87. The van der Waals surface area contributed by atoms with Crippen LogP contribution in [0.5, 0.6) is 0 Å². The molecule has 3 aromatic rings. The molecule has 7 nitrogen and oxygen atoms in total. The zero-order valence-electron chi connectivity index (χ0n) is 20.0. The van der Waals surface area contributed by atoms with Gasteiger partial charge < -0.3 is 15.7 Å². The van der Waals surface area contributed by atoms with E-state index in [1.165, 1.54) is 5.56 Å². The van der Waals surface area contributed by atoms with Crippen molar-refractivity contribution in [3.8, 4) is 0 Å². The molecule has 4 rings (SSSR count). The lowest BCUT2D eigenvalue weighted by Crippen LogP contribution is -2.41. The summed E-state index contributed by atoms with van der Waals surface area (Å²) in [5.74, 6) is -0.444. The summed E-state index contributed by atoms with van der Waals surface area (Å²) in [5, 5.41) is 14.9. The first-order valence-electron chi connectivity index (χ1n) is 12.1. The molecule has 0 bridgehead atoms. The van der Waals surface area contributed by atoms with Crippen molar-refractivity contribution in [1.82, 2.24) is 20.6 Å². The summed E-state index contributed by atoms with van der Waals surface area (Å²) in [4.78, 5) is 33.3. The van der Waals surface area contributed by atoms with E-state index in [1.807, 2.05) is 66.8 Å². The molecule has 1 unspecified atom stereocenters. The summed E-state index contributed by atoms with van der Waals surface area (Å²) in [7, 11) is 0. The number of aromatic nitrogens is 2. The second-order valence-electron chi connectivity index (χ2n) is 8.87. The van der Waals surface area contributed by atoms with Crippen LogP contribution in [0.25, 0.3) is 0 Å². The number of pyridine rings is 2. The monoisotopic (exact) mass is 482 g/mol. The molecule has 0 radical (unpaired) electrons. The van der Waals surface area contributed by atoms with Crippen LogP contribution >= 0.6 is 0 Å². The van der Waals surface area contributed by atoms with E-state index in [0.717, 1.165) is 17.8 Å². The van der Waals surface area contributed by atoms with Gasteiger partial charge in [0.25, 0.3) is 5.91 Å². The first-order valence-corrected chi connectivity index (χ1v) is 12.1. The molecular weight excluding hydrogens is 452 g/mol. The summed E-state index contributed by atoms with van der Waals surface area (Å²) < 4.78 is 0. The van der Waals surface area contributed by atoms with E-state index < -0.39 is 11.5 Å². The van der Waals surface area contributed by atoms with Crippen molar-refractivity contribution in [3.05, 3.63) is 120 Å². The molecule has 3 N–H and O–H groups in total. The van der Waals surface area contributed by atoms with Gasteiger partial charge >= 0.3 is 6.09 Å². The van der Waals surface area contributed by atoms with Gasteiger partial charge in [-0.15, -0.1) is 0 Å². The fourth-order valence-electron chi connectivity index (χ4n) is 4.56. The number of rotatable bonds is 10. The van der Waals surface area contributed by atoms with Crippen LogP contribution in [0, 0.1) is 5.41 Å². The number of allylic oxidation sites excluding steroid dienone is 3. The van der Waals surface area contributed by atoms with Crippen LogP contribution in [-0.2, 0) is 12.8 Å². The van der Waals surface area contributed by atoms with Gasteiger partial charge in [-0.1, -0.05) is 66.8 Å². The van der Waals surface area contributed by atoms with E-state index in [1.54, 1.807) is 12.3 Å². The Morgan fingerprint density at radius 3 is 2.53 bits per heavy atom. The Bertz CT molecular complexity index is 1230. The van der Waals surface area contributed by atoms with Crippen LogP contribution in [0.3, 0.4) is 0 Å². The third-order valence-corrected chi connectivity index (χ3v) is 6.47. The number of amides is 2. The number of nitrogens with one attached hydrogen (secondary N) is 2. The smallest absolute Gasteiger partial charge is 0.404 e. The average molecular weight is 483 g/mol. The maximum Gasteiger partial charge on any atom is 0.404 e. The molecule has 2 amide bonds. The van der Waals surface area contributed by atoms with Crippen molar-refractivity contribution in [2.75, 3.05) is 13.1 Å². The van der Waals surface area contributed by atoms with E-state index >= 15 is 0 Å². The van der Waals surface area contributed by atoms with Crippen LogP contribution in [-0.4, -0.2) is 40.2 Å². The third kappa shape index (κ3) is 6.44. The minimum Gasteiger partial charge on any atom is -0.465 e. The molecule has 2 heterocycles. The van der Waals surface area contributed by atoms with Gasteiger partial charge in [0.1, 0.15) is 5.69 Å². The molecule has 7 heteroatoms. The number of hydrogen-bond acceptors (Lipinski definition) is 4. The van der Waals surface area contributed by atoms with Crippen LogP contribution in [0.15, 0.2) is 97.2 Å². The number of carbonyl (C=O) groups is 2. The van der Waals surface area contributed by atoms with Crippen molar-refractivity contribution in [2.45, 2.75) is 25.2 Å². The minimum absolute atomic E-state index is 0.195. The van der Waals surface area contributed by atoms with Gasteiger partial charge in [-0.05, 0) is 42.7 Å². The zero-order valence-corrected chi connectivity index (χ0v) is 20.0. The van der Waals surface area contributed by atoms with E-state index in [4.69, 9.17) is 4.98 Å². The molecular formula is C29H30N4O3. The standard InChI is InChI=1S/C29H30N4O3/c34-27(31-20-16-23-11-5-7-19-30-23)26-14-8-13-25(33-26)24-12-4-6-17-29(24,21-32-28(35)36)18-15-22-9-2-1-3-10-22/h1-14,17,19,24,32H,15-16,18,20-21H2,(H,31,34)(H,35,36)/t24?,29-/m0/s1. The van der Waals surface area contributed by atoms with Gasteiger partial charge in [0.2, 0.25) is 0 Å². The van der Waals surface area contributed by atoms with Gasteiger partial charge in [0, 0.05) is 48.4 Å². The number of carbonyl (C=O) groups excluding carboxylic acids is 1. The maximum atomic E-state index is 12.8. The Labute approximate surface area is 211 Å². The Kier molecular flexibility index (Phi) is 8.24. The Hall–Kier alpha value is -4.26. The van der Waals surface area contributed by atoms with Crippen molar-refractivity contribution < 1.29 is 14.7 Å². The summed E-state index contributed by atoms with van der Waals surface area (Å²) in [6, 6.07) is 21.3. The van der Waals surface area contributed by atoms with Crippen molar-refractivity contribution >= 4 is 12.0 Å². The summed E-state index contributed by atoms with van der Waals surface area (Å²) in [6.07, 6.45) is 10.8. The quantitative estimate of drug-likeness (QED) is 0.393. The van der Waals surface area contributed by atoms with Crippen LogP contribution in [0.1, 0.15) is 39.8 Å². The third-order valence-electron chi connectivity index (χ3n) is 6.47. The number of carboxylic acid groups (broad SMARTS) is 1. The molecule has 0 saturated carbocycles. The molecule has 2 atom stereocenters. The Morgan fingerprint density at radius 2 is 1.75 bits per heavy atom. The van der Waals surface area contributed by atoms with Crippen molar-refractivity contribution in [3.63, 3.8) is 0 Å². The molecule has 184 valence electrons. The normalized spacial score (nSPS) is 18.5. The lowest BCUT2D eigenvalue weighted by Gasteiger charge is -2.38. The lowest BCUT2D eigenvalue weighted by atomic mass is 9.67. The molecule has 1 aromatic carbocycles. The fraction of sp³-hybridized carbons (Fsp3) is 0.241. The topological polar surface area (TPSA) is 104 Å². The number of benzene rings is 1. The predicted molar refractivity (Wildman–Crippen MR) is 139 cm³/mol. The molecule has 0 fully saturated rings. The lowest BCUT2D eigenvalue weighted by molar-refractivity contribution is 0.0948. The zero-order chi connectivity index (χ0) is 25.2. The fourth-order valence-corrected chi connectivity index (χ4v) is 4.56. The first kappa shape index (κ1) is 24.9. The highest BCUT2D eigenvalue weighted by molar-refractivity contribution is 5.92. The molecule has 0 aliphatic heterocycles. The predicted octanol–water partition coefficient (Wildman–Crippen LogP) is 4.55. The first-order chi connectivity index (χ1) is 17.6. The number of nitrogens with zero attached hydrogens (tertiary/aromatic N) is 2. The van der Waals surface area contributed by atoms with Gasteiger partial charge in [-0.25, -0.2) is 9.78 Å². The van der Waals surface area contributed by atoms with E-state index in [-0.39, 0.29) is 18.4 Å². The summed E-state index contributed by atoms with van der Waals surface area (Å²) in [6.45, 7) is 0.695. The van der Waals surface area contributed by atoms with Gasteiger partial charge in [-0.3, -0.25) is 9.78 Å². The minimum atomic E-state index is -1.07.